The van der Waals surface area contributed by atoms with Crippen LogP contribution in [0, 0.1) is 11.8 Å². The molecule has 0 N–H and O–H groups in total. The van der Waals surface area contributed by atoms with E-state index >= 15 is 0 Å². The summed E-state index contributed by atoms with van der Waals surface area (Å²) in [5.41, 5.74) is 5.89. The molecular weight excluding hydrogens is 132 g/mol. The molecule has 0 nitrogen and oxygen atoms in total. The third kappa shape index (κ3) is 2.50. The molecule has 56 valence electrons. The lowest BCUT2D eigenvalue weighted by molar-refractivity contribution is 1.01. The molecule has 0 heteroatoms. The maximum absolute atomic E-state index is 3.15. The molecule has 0 aromatic rings. The van der Waals surface area contributed by atoms with Crippen LogP contribution < -0.4 is 0 Å². The first-order valence-electron chi connectivity index (χ1n) is 3.86. The van der Waals surface area contributed by atoms with Crippen LogP contribution in [0.1, 0.15) is 26.7 Å². The van der Waals surface area contributed by atoms with E-state index in [1.54, 1.807) is 6.08 Å². The SMILES string of the molecule is CC#CC=C=C1C=C(C)CC1. The topological polar surface area (TPSA) is 0 Å². The Morgan fingerprint density at radius 2 is 2.27 bits per heavy atom. The van der Waals surface area contributed by atoms with E-state index in [1.807, 2.05) is 6.92 Å². The smallest absolute Gasteiger partial charge is 0.0304 e. The van der Waals surface area contributed by atoms with E-state index in [0.717, 1.165) is 6.42 Å². The van der Waals surface area contributed by atoms with Gasteiger partial charge in [-0.15, -0.1) is 11.7 Å². The zero-order valence-corrected chi connectivity index (χ0v) is 7.07. The van der Waals surface area contributed by atoms with Crippen molar-refractivity contribution in [1.82, 2.24) is 0 Å². The molecule has 0 atom stereocenters. The standard InChI is InChI=1S/C11H12/c1-3-4-5-6-11-8-7-10(2)9-11/h5,9H,7-8H2,1-2H3. The highest BCUT2D eigenvalue weighted by atomic mass is 14.1. The van der Waals surface area contributed by atoms with Crippen LogP contribution in [0.15, 0.2) is 29.0 Å². The van der Waals surface area contributed by atoms with Crippen molar-refractivity contribution in [1.29, 1.82) is 0 Å². The molecule has 0 saturated heterocycles. The molecule has 0 unspecified atom stereocenters. The Hall–Kier alpha value is -1.18. The molecular formula is C11H12. The van der Waals surface area contributed by atoms with Crippen molar-refractivity contribution < 1.29 is 0 Å². The molecule has 0 heterocycles. The quantitative estimate of drug-likeness (QED) is 0.362. The predicted molar refractivity (Wildman–Crippen MR) is 48.0 cm³/mol. The highest BCUT2D eigenvalue weighted by molar-refractivity contribution is 5.30. The van der Waals surface area contributed by atoms with Crippen LogP contribution in [0.2, 0.25) is 0 Å². The molecule has 0 saturated carbocycles. The van der Waals surface area contributed by atoms with Crippen LogP contribution in [0.25, 0.3) is 0 Å². The highest BCUT2D eigenvalue weighted by Crippen LogP contribution is 2.21. The third-order valence-corrected chi connectivity index (χ3v) is 1.68. The molecule has 0 bridgehead atoms. The largest absolute Gasteiger partial charge is 0.108 e. The van der Waals surface area contributed by atoms with Crippen LogP contribution in [-0.4, -0.2) is 0 Å². The van der Waals surface area contributed by atoms with E-state index in [4.69, 9.17) is 0 Å². The van der Waals surface area contributed by atoms with Gasteiger partial charge >= 0.3 is 0 Å². The second-order valence-electron chi connectivity index (χ2n) is 2.70. The maximum Gasteiger partial charge on any atom is 0.0304 e. The van der Waals surface area contributed by atoms with Gasteiger partial charge < -0.3 is 0 Å². The first-order valence-corrected chi connectivity index (χ1v) is 3.86. The average Bonchev–Trinajstić information content (AvgIpc) is 2.37. The molecule has 0 aromatic carbocycles. The van der Waals surface area contributed by atoms with Gasteiger partial charge in [-0.3, -0.25) is 0 Å². The van der Waals surface area contributed by atoms with Gasteiger partial charge in [-0.2, -0.15) is 0 Å². The summed E-state index contributed by atoms with van der Waals surface area (Å²) >= 11 is 0. The Kier molecular flexibility index (Phi) is 2.78. The molecule has 0 aromatic heterocycles. The fourth-order valence-electron chi connectivity index (χ4n) is 1.09. The monoisotopic (exact) mass is 144 g/mol. The lowest BCUT2D eigenvalue weighted by Crippen LogP contribution is -1.64. The van der Waals surface area contributed by atoms with Crippen molar-refractivity contribution >= 4 is 0 Å². The second kappa shape index (κ2) is 3.86. The van der Waals surface area contributed by atoms with Crippen LogP contribution in [-0.2, 0) is 0 Å². The fraction of sp³-hybridized carbons (Fsp3) is 0.364. The van der Waals surface area contributed by atoms with Crippen molar-refractivity contribution in [2.75, 3.05) is 0 Å². The Labute approximate surface area is 68.3 Å². The van der Waals surface area contributed by atoms with Gasteiger partial charge in [-0.25, -0.2) is 0 Å². The Bertz CT molecular complexity index is 286. The summed E-state index contributed by atoms with van der Waals surface area (Å²) < 4.78 is 0. The Morgan fingerprint density at radius 1 is 1.45 bits per heavy atom. The molecule has 0 spiro atoms. The van der Waals surface area contributed by atoms with E-state index in [1.165, 1.54) is 17.6 Å². The predicted octanol–water partition coefficient (Wildman–Crippen LogP) is 2.83. The molecule has 1 rings (SSSR count). The number of allylic oxidation sites excluding steroid dienone is 3. The number of hydrogen-bond donors (Lipinski definition) is 0. The van der Waals surface area contributed by atoms with Crippen LogP contribution in [0.4, 0.5) is 0 Å². The molecule has 0 aliphatic heterocycles. The highest BCUT2D eigenvalue weighted by Gasteiger charge is 2.02. The van der Waals surface area contributed by atoms with Gasteiger partial charge in [0, 0.05) is 6.08 Å². The first kappa shape index (κ1) is 7.92. The van der Waals surface area contributed by atoms with Gasteiger partial charge in [0.05, 0.1) is 0 Å². The summed E-state index contributed by atoms with van der Waals surface area (Å²) in [4.78, 5) is 0. The van der Waals surface area contributed by atoms with Crippen molar-refractivity contribution in [3.63, 3.8) is 0 Å². The van der Waals surface area contributed by atoms with Gasteiger partial charge in [0.2, 0.25) is 0 Å². The van der Waals surface area contributed by atoms with E-state index in [9.17, 15) is 0 Å². The van der Waals surface area contributed by atoms with Crippen LogP contribution in [0.3, 0.4) is 0 Å². The summed E-state index contributed by atoms with van der Waals surface area (Å²) in [6.07, 6.45) is 6.31. The number of rotatable bonds is 0. The zero-order chi connectivity index (χ0) is 8.10. The fourth-order valence-corrected chi connectivity index (χ4v) is 1.09. The zero-order valence-electron chi connectivity index (χ0n) is 7.07. The Morgan fingerprint density at radius 3 is 2.82 bits per heavy atom. The van der Waals surface area contributed by atoms with Crippen molar-refractivity contribution in [3.05, 3.63) is 29.0 Å². The Balaban J connectivity index is 2.74. The summed E-state index contributed by atoms with van der Waals surface area (Å²) in [7, 11) is 0. The lowest BCUT2D eigenvalue weighted by Gasteiger charge is -1.81. The van der Waals surface area contributed by atoms with Gasteiger partial charge in [0.25, 0.3) is 0 Å². The van der Waals surface area contributed by atoms with Crippen molar-refractivity contribution in [2.45, 2.75) is 26.7 Å². The molecule has 0 radical (unpaired) electrons. The van der Waals surface area contributed by atoms with E-state index in [0.29, 0.717) is 0 Å². The summed E-state index contributed by atoms with van der Waals surface area (Å²) in [5.74, 6) is 5.65. The molecule has 11 heavy (non-hydrogen) atoms. The lowest BCUT2D eigenvalue weighted by atomic mass is 10.2. The average molecular weight is 144 g/mol. The van der Waals surface area contributed by atoms with Gasteiger partial charge in [0.1, 0.15) is 0 Å². The summed E-state index contributed by atoms with van der Waals surface area (Å²) in [6.45, 7) is 3.98. The first-order chi connectivity index (χ1) is 5.33. The minimum atomic E-state index is 1.13. The van der Waals surface area contributed by atoms with Crippen molar-refractivity contribution in [3.8, 4) is 11.8 Å². The van der Waals surface area contributed by atoms with Crippen LogP contribution in [0.5, 0.6) is 0 Å². The maximum atomic E-state index is 3.15. The molecule has 0 fully saturated rings. The minimum absolute atomic E-state index is 1.13. The van der Waals surface area contributed by atoms with Gasteiger partial charge in [-0.05, 0) is 32.3 Å². The number of hydrogen-bond acceptors (Lipinski definition) is 0. The van der Waals surface area contributed by atoms with E-state index < -0.39 is 0 Å². The van der Waals surface area contributed by atoms with Crippen molar-refractivity contribution in [2.24, 2.45) is 0 Å². The second-order valence-corrected chi connectivity index (χ2v) is 2.70. The van der Waals surface area contributed by atoms with Crippen LogP contribution >= 0.6 is 0 Å². The van der Waals surface area contributed by atoms with E-state index in [2.05, 4.69) is 30.6 Å². The summed E-state index contributed by atoms with van der Waals surface area (Å²) in [6, 6.07) is 0. The van der Waals surface area contributed by atoms with Gasteiger partial charge in [-0.1, -0.05) is 17.6 Å². The third-order valence-electron chi connectivity index (χ3n) is 1.68. The van der Waals surface area contributed by atoms with Gasteiger partial charge in [0.15, 0.2) is 0 Å². The molecule has 1 aliphatic rings. The molecule has 0 amide bonds. The summed E-state index contributed by atoms with van der Waals surface area (Å²) in [5, 5.41) is 0. The normalized spacial score (nSPS) is 14.7. The minimum Gasteiger partial charge on any atom is -0.108 e. The molecule has 1 aliphatic carbocycles. The van der Waals surface area contributed by atoms with E-state index in [-0.39, 0.29) is 0 Å².